The van der Waals surface area contributed by atoms with Gasteiger partial charge in [-0.1, -0.05) is 13.8 Å². The summed E-state index contributed by atoms with van der Waals surface area (Å²) in [5.74, 6) is 0. The molecule has 0 aliphatic heterocycles. The highest BCUT2D eigenvalue weighted by Crippen LogP contribution is 1.82. The van der Waals surface area contributed by atoms with E-state index in [1.165, 1.54) is 13.1 Å². The van der Waals surface area contributed by atoms with E-state index in [0.717, 1.165) is 0 Å². The van der Waals surface area contributed by atoms with Crippen LogP contribution in [-0.4, -0.2) is 18.2 Å². The van der Waals surface area contributed by atoms with E-state index >= 15 is 0 Å². The number of hydrogen-bond acceptors (Lipinski definition) is 2. The molecule has 0 aromatic rings. The van der Waals surface area contributed by atoms with Gasteiger partial charge in [0.05, 0.1) is 0 Å². The maximum absolute atomic E-state index is 8.22. The molecule has 0 heterocycles. The first kappa shape index (κ1) is 10.2. The Bertz CT molecular complexity index is 25.2. The van der Waals surface area contributed by atoms with Crippen LogP contribution in [0.15, 0.2) is 0 Å². The number of hydrogen-bond donors (Lipinski definition) is 2. The van der Waals surface area contributed by atoms with Crippen molar-refractivity contribution in [2.75, 3.05) is 0 Å². The minimum absolute atomic E-state index is 1.44. The van der Waals surface area contributed by atoms with Crippen molar-refractivity contribution in [3.8, 4) is 0 Å². The van der Waals surface area contributed by atoms with Gasteiger partial charge < -0.3 is 9.59 Å². The summed E-state index contributed by atoms with van der Waals surface area (Å²) in [5.41, 5.74) is 0. The molecule has 0 atom stereocenters. The van der Waals surface area contributed by atoms with Crippen LogP contribution in [0.5, 0.6) is 0 Å². The Morgan fingerprint density at radius 2 is 1.00 bits per heavy atom. The van der Waals surface area contributed by atoms with Crippen molar-refractivity contribution in [1.29, 1.82) is 0 Å². The molecule has 2 nitrogen and oxygen atoms in total. The monoisotopic (exact) mass is 122 g/mol. The second kappa shape index (κ2) is 4.30. The third-order valence-corrected chi connectivity index (χ3v) is 0. The van der Waals surface area contributed by atoms with Crippen molar-refractivity contribution in [1.82, 2.24) is 0 Å². The van der Waals surface area contributed by atoms with Gasteiger partial charge in [-0.15, -0.1) is 0 Å². The van der Waals surface area contributed by atoms with Gasteiger partial charge in [-0.25, -0.2) is 0 Å². The fraction of sp³-hybridized carbons (Fsp3) is 1.00. The normalized spacial score (nSPS) is 9.43. The third kappa shape index (κ3) is 5610. The van der Waals surface area contributed by atoms with Crippen LogP contribution < -0.4 is 0 Å². The van der Waals surface area contributed by atoms with Gasteiger partial charge >= 0.3 is 8.56 Å². The SMILES string of the molecule is CC.C[Si](C)(O)O. The highest BCUT2D eigenvalue weighted by atomic mass is 28.4. The summed E-state index contributed by atoms with van der Waals surface area (Å²) < 4.78 is 0. The lowest BCUT2D eigenvalue weighted by Gasteiger charge is -1.97. The lowest BCUT2D eigenvalue weighted by Crippen LogP contribution is -2.23. The summed E-state index contributed by atoms with van der Waals surface area (Å²) in [7, 11) is -2.61. The number of rotatable bonds is 0. The Morgan fingerprint density at radius 1 is 1.00 bits per heavy atom. The molecule has 7 heavy (non-hydrogen) atoms. The van der Waals surface area contributed by atoms with Crippen LogP contribution in [-0.2, 0) is 0 Å². The second-order valence-electron chi connectivity index (χ2n) is 1.49. The van der Waals surface area contributed by atoms with E-state index in [1.807, 2.05) is 13.8 Å². The van der Waals surface area contributed by atoms with Crippen LogP contribution in [0, 0.1) is 0 Å². The molecule has 0 fully saturated rings. The van der Waals surface area contributed by atoms with E-state index in [2.05, 4.69) is 0 Å². The quantitative estimate of drug-likeness (QED) is 0.464. The molecular formula is C4H14O2Si. The van der Waals surface area contributed by atoms with Gasteiger partial charge in [0.15, 0.2) is 0 Å². The minimum atomic E-state index is -2.61. The maximum atomic E-state index is 8.22. The molecule has 2 N–H and O–H groups in total. The summed E-state index contributed by atoms with van der Waals surface area (Å²) in [4.78, 5) is 16.4. The van der Waals surface area contributed by atoms with Crippen LogP contribution in [0.4, 0.5) is 0 Å². The molecule has 0 radical (unpaired) electrons. The van der Waals surface area contributed by atoms with Gasteiger partial charge in [-0.3, -0.25) is 0 Å². The molecule has 0 aromatic carbocycles. The summed E-state index contributed by atoms with van der Waals surface area (Å²) in [6.45, 7) is 6.88. The lowest BCUT2D eigenvalue weighted by atomic mass is 11.0. The molecule has 3 heteroatoms. The van der Waals surface area contributed by atoms with Crippen LogP contribution in [0.3, 0.4) is 0 Å². The summed E-state index contributed by atoms with van der Waals surface area (Å²) in [6.07, 6.45) is 0. The van der Waals surface area contributed by atoms with Gasteiger partial charge in [0.2, 0.25) is 0 Å². The first-order chi connectivity index (χ1) is 3.00. The van der Waals surface area contributed by atoms with Crippen LogP contribution in [0.25, 0.3) is 0 Å². The Balaban J connectivity index is 0. The molecule has 0 aliphatic carbocycles. The predicted molar refractivity (Wildman–Crippen MR) is 33.3 cm³/mol. The Morgan fingerprint density at radius 3 is 1.00 bits per heavy atom. The Labute approximate surface area is 46.1 Å². The molecule has 0 saturated heterocycles. The predicted octanol–water partition coefficient (Wildman–Crippen LogP) is 0.699. The van der Waals surface area contributed by atoms with Crippen LogP contribution >= 0.6 is 0 Å². The third-order valence-electron chi connectivity index (χ3n) is 0. The molecule has 0 spiro atoms. The molecule has 0 unspecified atom stereocenters. The molecule has 0 amide bonds. The van der Waals surface area contributed by atoms with Crippen molar-refractivity contribution in [3.63, 3.8) is 0 Å². The van der Waals surface area contributed by atoms with Crippen molar-refractivity contribution in [2.45, 2.75) is 26.9 Å². The first-order valence-electron chi connectivity index (χ1n) is 2.45. The van der Waals surface area contributed by atoms with Crippen molar-refractivity contribution < 1.29 is 9.59 Å². The molecule has 0 rings (SSSR count). The van der Waals surface area contributed by atoms with E-state index < -0.39 is 8.56 Å². The zero-order valence-corrected chi connectivity index (χ0v) is 6.39. The molecule has 0 bridgehead atoms. The van der Waals surface area contributed by atoms with E-state index in [9.17, 15) is 0 Å². The lowest BCUT2D eigenvalue weighted by molar-refractivity contribution is 0.382. The molecule has 0 saturated carbocycles. The molecular weight excluding hydrogens is 108 g/mol. The highest BCUT2D eigenvalue weighted by molar-refractivity contribution is 6.61. The van der Waals surface area contributed by atoms with Gasteiger partial charge in [-0.05, 0) is 13.1 Å². The fourth-order valence-electron chi connectivity index (χ4n) is 0. The zero-order valence-electron chi connectivity index (χ0n) is 5.39. The molecule has 46 valence electrons. The zero-order chi connectivity index (χ0) is 6.50. The average molecular weight is 122 g/mol. The summed E-state index contributed by atoms with van der Waals surface area (Å²) in [6, 6.07) is 0. The average Bonchev–Trinajstić information content (AvgIpc) is 1.36. The standard InChI is InChI=1S/C2H8O2Si.C2H6/c1-5(2,3)4;1-2/h3-4H,1-2H3;1-2H3. The first-order valence-corrected chi connectivity index (χ1v) is 5.34. The van der Waals surface area contributed by atoms with Crippen LogP contribution in [0.1, 0.15) is 13.8 Å². The minimum Gasteiger partial charge on any atom is -0.411 e. The van der Waals surface area contributed by atoms with Crippen LogP contribution in [0.2, 0.25) is 13.1 Å². The van der Waals surface area contributed by atoms with Crippen molar-refractivity contribution in [2.24, 2.45) is 0 Å². The van der Waals surface area contributed by atoms with Gasteiger partial charge in [-0.2, -0.15) is 0 Å². The Hall–Kier alpha value is 0.137. The van der Waals surface area contributed by atoms with E-state index in [1.54, 1.807) is 0 Å². The van der Waals surface area contributed by atoms with Crippen molar-refractivity contribution in [3.05, 3.63) is 0 Å². The summed E-state index contributed by atoms with van der Waals surface area (Å²) >= 11 is 0. The summed E-state index contributed by atoms with van der Waals surface area (Å²) in [5, 5.41) is 0. The van der Waals surface area contributed by atoms with Gasteiger partial charge in [0.25, 0.3) is 0 Å². The molecule has 0 aromatic heterocycles. The molecule has 0 aliphatic rings. The van der Waals surface area contributed by atoms with E-state index in [0.29, 0.717) is 0 Å². The second-order valence-corrected chi connectivity index (χ2v) is 4.48. The smallest absolute Gasteiger partial charge is 0.326 e. The fourth-order valence-corrected chi connectivity index (χ4v) is 0. The van der Waals surface area contributed by atoms with E-state index in [4.69, 9.17) is 9.59 Å². The highest BCUT2D eigenvalue weighted by Gasteiger charge is 2.08. The largest absolute Gasteiger partial charge is 0.411 e. The van der Waals surface area contributed by atoms with E-state index in [-0.39, 0.29) is 0 Å². The maximum Gasteiger partial charge on any atom is 0.326 e. The van der Waals surface area contributed by atoms with Gasteiger partial charge in [0.1, 0.15) is 0 Å². The van der Waals surface area contributed by atoms with Gasteiger partial charge in [0, 0.05) is 0 Å². The van der Waals surface area contributed by atoms with Crippen molar-refractivity contribution >= 4 is 8.56 Å². The topological polar surface area (TPSA) is 40.5 Å². The Kier molecular flexibility index (Phi) is 6.26.